The van der Waals surface area contributed by atoms with Gasteiger partial charge in [0.25, 0.3) is 0 Å². The molecule has 3 amide bonds. The summed E-state index contributed by atoms with van der Waals surface area (Å²) in [4.78, 5) is 45.0. The van der Waals surface area contributed by atoms with E-state index in [0.717, 1.165) is 16.7 Å². The Morgan fingerprint density at radius 3 is 0.861 bits per heavy atom. The van der Waals surface area contributed by atoms with Gasteiger partial charge in [0.15, 0.2) is 0 Å². The number of carbonyl (C=O) groups is 3. The Balaban J connectivity index is 1.48. The van der Waals surface area contributed by atoms with Crippen molar-refractivity contribution in [2.24, 2.45) is 0 Å². The fraction of sp³-hybridized carbons (Fsp3) is 0.300. The third kappa shape index (κ3) is 7.28. The molecule has 0 atom stereocenters. The molecule has 3 aromatic carbocycles. The van der Waals surface area contributed by atoms with Gasteiger partial charge in [0.05, 0.1) is 19.3 Å². The molecule has 3 aromatic rings. The van der Waals surface area contributed by atoms with Crippen LogP contribution in [0.1, 0.15) is 16.7 Å². The number of nitrogens with zero attached hydrogens (tertiary/aromatic N) is 3. The molecule has 36 heavy (non-hydrogen) atoms. The van der Waals surface area contributed by atoms with Crippen LogP contribution in [-0.4, -0.2) is 71.7 Å². The van der Waals surface area contributed by atoms with E-state index in [2.05, 4.69) is 0 Å². The summed E-state index contributed by atoms with van der Waals surface area (Å²) >= 11 is 0. The quantitative estimate of drug-likeness (QED) is 0.541. The van der Waals surface area contributed by atoms with E-state index in [1.165, 1.54) is 0 Å². The van der Waals surface area contributed by atoms with Crippen LogP contribution in [0.2, 0.25) is 0 Å². The summed E-state index contributed by atoms with van der Waals surface area (Å²) in [5.41, 5.74) is 2.86. The molecule has 4 rings (SSSR count). The van der Waals surface area contributed by atoms with E-state index < -0.39 is 0 Å². The molecule has 0 radical (unpaired) electrons. The molecule has 0 bridgehead atoms. The second-order valence-electron chi connectivity index (χ2n) is 9.13. The van der Waals surface area contributed by atoms with Gasteiger partial charge in [-0.1, -0.05) is 91.0 Å². The zero-order chi connectivity index (χ0) is 25.2. The fourth-order valence-electron chi connectivity index (χ4n) is 4.45. The predicted molar refractivity (Wildman–Crippen MR) is 140 cm³/mol. The Morgan fingerprint density at radius 1 is 0.417 bits per heavy atom. The summed E-state index contributed by atoms with van der Waals surface area (Å²) < 4.78 is 0. The Morgan fingerprint density at radius 2 is 0.639 bits per heavy atom. The van der Waals surface area contributed by atoms with Crippen molar-refractivity contribution in [1.82, 2.24) is 14.7 Å². The van der Waals surface area contributed by atoms with Crippen LogP contribution in [0, 0.1) is 0 Å². The molecule has 1 saturated heterocycles. The molecule has 0 spiro atoms. The molecular weight excluding hydrogens is 450 g/mol. The third-order valence-electron chi connectivity index (χ3n) is 6.57. The highest BCUT2D eigenvalue weighted by molar-refractivity contribution is 5.81. The SMILES string of the molecule is O=C(Cc1ccccc1)N1CCN(C(=O)Cc2ccccc2)CCN(C(=O)Cc2ccccc2)CC1. The van der Waals surface area contributed by atoms with E-state index >= 15 is 0 Å². The van der Waals surface area contributed by atoms with Crippen LogP contribution < -0.4 is 0 Å². The van der Waals surface area contributed by atoms with Crippen LogP contribution in [0.5, 0.6) is 0 Å². The van der Waals surface area contributed by atoms with Gasteiger partial charge in [-0.25, -0.2) is 0 Å². The van der Waals surface area contributed by atoms with E-state index in [1.807, 2.05) is 91.0 Å². The lowest BCUT2D eigenvalue weighted by Gasteiger charge is -2.26. The summed E-state index contributed by atoms with van der Waals surface area (Å²) in [6.07, 6.45) is 0.907. The zero-order valence-corrected chi connectivity index (χ0v) is 20.6. The van der Waals surface area contributed by atoms with Crippen LogP contribution in [0.4, 0.5) is 0 Å². The maximum absolute atomic E-state index is 13.2. The van der Waals surface area contributed by atoms with Crippen LogP contribution in [-0.2, 0) is 33.6 Å². The van der Waals surface area contributed by atoms with Gasteiger partial charge in [-0.15, -0.1) is 0 Å². The molecular formula is C30H33N3O3. The van der Waals surface area contributed by atoms with Gasteiger partial charge in [0, 0.05) is 39.3 Å². The lowest BCUT2D eigenvalue weighted by molar-refractivity contribution is -0.134. The molecule has 0 unspecified atom stereocenters. The highest BCUT2D eigenvalue weighted by Gasteiger charge is 2.24. The largest absolute Gasteiger partial charge is 0.339 e. The molecule has 0 aromatic heterocycles. The van der Waals surface area contributed by atoms with Crippen LogP contribution in [0.3, 0.4) is 0 Å². The molecule has 186 valence electrons. The standard InChI is InChI=1S/C30H33N3O3/c34-28(22-25-10-4-1-5-11-25)31-16-18-32(29(35)23-26-12-6-2-7-13-26)20-21-33(19-17-31)30(36)24-27-14-8-3-9-15-27/h1-15H,16-24H2. The first-order valence-electron chi connectivity index (χ1n) is 12.5. The number of benzene rings is 3. The Hall–Kier alpha value is -3.93. The van der Waals surface area contributed by atoms with Crippen molar-refractivity contribution >= 4 is 17.7 Å². The van der Waals surface area contributed by atoms with Gasteiger partial charge < -0.3 is 14.7 Å². The number of hydrogen-bond acceptors (Lipinski definition) is 3. The topological polar surface area (TPSA) is 60.9 Å². The molecule has 1 heterocycles. The van der Waals surface area contributed by atoms with Crippen LogP contribution in [0.25, 0.3) is 0 Å². The van der Waals surface area contributed by atoms with E-state index in [1.54, 1.807) is 14.7 Å². The first kappa shape index (κ1) is 25.2. The Bertz CT molecular complexity index is 978. The normalized spacial score (nSPS) is 14.5. The molecule has 1 aliphatic rings. The van der Waals surface area contributed by atoms with E-state index in [9.17, 15) is 14.4 Å². The average Bonchev–Trinajstić information content (AvgIpc) is 3.01. The summed E-state index contributed by atoms with van der Waals surface area (Å²) in [6.45, 7) is 2.71. The van der Waals surface area contributed by atoms with Gasteiger partial charge >= 0.3 is 0 Å². The first-order chi connectivity index (χ1) is 17.6. The summed E-state index contributed by atoms with van der Waals surface area (Å²) in [6, 6.07) is 29.0. The van der Waals surface area contributed by atoms with Crippen molar-refractivity contribution in [2.45, 2.75) is 19.3 Å². The molecule has 0 N–H and O–H groups in total. The van der Waals surface area contributed by atoms with Gasteiger partial charge in [0.2, 0.25) is 17.7 Å². The lowest BCUT2D eigenvalue weighted by Crippen LogP contribution is -2.42. The van der Waals surface area contributed by atoms with Crippen molar-refractivity contribution in [3.8, 4) is 0 Å². The number of rotatable bonds is 6. The number of hydrogen-bond donors (Lipinski definition) is 0. The molecule has 6 nitrogen and oxygen atoms in total. The van der Waals surface area contributed by atoms with Gasteiger partial charge in [-0.2, -0.15) is 0 Å². The molecule has 1 fully saturated rings. The third-order valence-corrected chi connectivity index (χ3v) is 6.57. The molecule has 0 aliphatic carbocycles. The second kappa shape index (κ2) is 12.7. The van der Waals surface area contributed by atoms with Crippen molar-refractivity contribution in [2.75, 3.05) is 39.3 Å². The van der Waals surface area contributed by atoms with Crippen molar-refractivity contribution < 1.29 is 14.4 Å². The minimum Gasteiger partial charge on any atom is -0.339 e. The van der Waals surface area contributed by atoms with Gasteiger partial charge in [-0.3, -0.25) is 14.4 Å². The molecule has 6 heteroatoms. The Labute approximate surface area is 213 Å². The number of carbonyl (C=O) groups excluding carboxylic acids is 3. The monoisotopic (exact) mass is 483 g/mol. The summed E-state index contributed by atoms with van der Waals surface area (Å²) in [7, 11) is 0. The summed E-state index contributed by atoms with van der Waals surface area (Å²) in [5, 5.41) is 0. The summed E-state index contributed by atoms with van der Waals surface area (Å²) in [5.74, 6) is 0.0250. The van der Waals surface area contributed by atoms with Crippen LogP contribution >= 0.6 is 0 Å². The highest BCUT2D eigenvalue weighted by atomic mass is 16.2. The van der Waals surface area contributed by atoms with E-state index in [-0.39, 0.29) is 17.7 Å². The van der Waals surface area contributed by atoms with Crippen molar-refractivity contribution in [1.29, 1.82) is 0 Å². The lowest BCUT2D eigenvalue weighted by atomic mass is 10.1. The fourth-order valence-corrected chi connectivity index (χ4v) is 4.45. The maximum atomic E-state index is 13.2. The highest BCUT2D eigenvalue weighted by Crippen LogP contribution is 2.10. The average molecular weight is 484 g/mol. The van der Waals surface area contributed by atoms with Gasteiger partial charge in [0.1, 0.15) is 0 Å². The van der Waals surface area contributed by atoms with E-state index in [4.69, 9.17) is 0 Å². The molecule has 1 aliphatic heterocycles. The maximum Gasteiger partial charge on any atom is 0.227 e. The number of amides is 3. The zero-order valence-electron chi connectivity index (χ0n) is 20.6. The second-order valence-corrected chi connectivity index (χ2v) is 9.13. The minimum absolute atomic E-state index is 0.00835. The molecule has 0 saturated carbocycles. The van der Waals surface area contributed by atoms with E-state index in [0.29, 0.717) is 58.5 Å². The van der Waals surface area contributed by atoms with Crippen molar-refractivity contribution in [3.05, 3.63) is 108 Å². The first-order valence-corrected chi connectivity index (χ1v) is 12.5. The van der Waals surface area contributed by atoms with Gasteiger partial charge in [-0.05, 0) is 16.7 Å². The predicted octanol–water partition coefficient (Wildman–Crippen LogP) is 3.21. The Kier molecular flexibility index (Phi) is 8.87. The minimum atomic E-state index is 0.00835. The smallest absolute Gasteiger partial charge is 0.227 e. The van der Waals surface area contributed by atoms with Crippen molar-refractivity contribution in [3.63, 3.8) is 0 Å². The van der Waals surface area contributed by atoms with Crippen LogP contribution in [0.15, 0.2) is 91.0 Å².